The van der Waals surface area contributed by atoms with Crippen molar-refractivity contribution in [3.8, 4) is 0 Å². The van der Waals surface area contributed by atoms with Crippen molar-refractivity contribution in [2.45, 2.75) is 58.8 Å². The standard InChI is InChI=1S/C19H26O6/c1-8-13-6-16(24-12(5)21)10(3)17(13)18-14(9(2)19(22)25-18)7-15(8)23-11(4)20/h9-10,13-18H,1,6-7H2,2-5H3. The van der Waals surface area contributed by atoms with E-state index in [1.807, 2.05) is 13.8 Å². The van der Waals surface area contributed by atoms with Crippen LogP contribution < -0.4 is 0 Å². The van der Waals surface area contributed by atoms with Crippen molar-refractivity contribution in [2.24, 2.45) is 29.6 Å². The summed E-state index contributed by atoms with van der Waals surface area (Å²) < 4.78 is 16.8. The maximum Gasteiger partial charge on any atom is 0.309 e. The van der Waals surface area contributed by atoms with E-state index in [0.29, 0.717) is 12.8 Å². The first-order valence-corrected chi connectivity index (χ1v) is 8.94. The van der Waals surface area contributed by atoms with Gasteiger partial charge in [-0.1, -0.05) is 20.4 Å². The molecule has 1 saturated heterocycles. The van der Waals surface area contributed by atoms with Crippen LogP contribution in [0.3, 0.4) is 0 Å². The Balaban J connectivity index is 1.95. The molecule has 138 valence electrons. The highest BCUT2D eigenvalue weighted by atomic mass is 16.6. The van der Waals surface area contributed by atoms with Gasteiger partial charge in [0.25, 0.3) is 0 Å². The highest BCUT2D eigenvalue weighted by Crippen LogP contribution is 2.53. The van der Waals surface area contributed by atoms with Gasteiger partial charge in [-0.05, 0) is 24.3 Å². The molecule has 3 aliphatic rings. The van der Waals surface area contributed by atoms with Crippen LogP contribution in [-0.2, 0) is 28.6 Å². The summed E-state index contributed by atoms with van der Waals surface area (Å²) in [5.74, 6) is -1.08. The molecule has 0 aromatic carbocycles. The van der Waals surface area contributed by atoms with Crippen molar-refractivity contribution < 1.29 is 28.6 Å². The number of rotatable bonds is 2. The molecule has 6 heteroatoms. The first kappa shape index (κ1) is 18.0. The minimum absolute atomic E-state index is 0.00296. The van der Waals surface area contributed by atoms with Crippen LogP contribution in [0.4, 0.5) is 0 Å². The Morgan fingerprint density at radius 1 is 1.12 bits per heavy atom. The zero-order valence-corrected chi connectivity index (χ0v) is 15.2. The van der Waals surface area contributed by atoms with Crippen LogP contribution in [0.15, 0.2) is 12.2 Å². The van der Waals surface area contributed by atoms with E-state index in [1.54, 1.807) is 0 Å². The van der Waals surface area contributed by atoms with Gasteiger partial charge in [-0.3, -0.25) is 14.4 Å². The van der Waals surface area contributed by atoms with Gasteiger partial charge in [0.1, 0.15) is 18.3 Å². The predicted molar refractivity (Wildman–Crippen MR) is 88.2 cm³/mol. The van der Waals surface area contributed by atoms with E-state index < -0.39 is 6.10 Å². The van der Waals surface area contributed by atoms with Gasteiger partial charge in [-0.15, -0.1) is 0 Å². The van der Waals surface area contributed by atoms with Crippen LogP contribution in [-0.4, -0.2) is 36.2 Å². The smallest absolute Gasteiger partial charge is 0.309 e. The molecule has 1 aliphatic heterocycles. The summed E-state index contributed by atoms with van der Waals surface area (Å²) in [5, 5.41) is 0. The number of carbonyl (C=O) groups excluding carboxylic acids is 3. The lowest BCUT2D eigenvalue weighted by atomic mass is 9.78. The monoisotopic (exact) mass is 350 g/mol. The zero-order valence-electron chi connectivity index (χ0n) is 15.2. The lowest BCUT2D eigenvalue weighted by molar-refractivity contribution is -0.151. The average Bonchev–Trinajstić information content (AvgIpc) is 2.92. The second kappa shape index (κ2) is 6.46. The van der Waals surface area contributed by atoms with Crippen LogP contribution in [0.2, 0.25) is 0 Å². The fraction of sp³-hybridized carbons (Fsp3) is 0.737. The number of ether oxygens (including phenoxy) is 3. The molecule has 6 nitrogen and oxygen atoms in total. The number of fused-ring (bicyclic) bond motifs is 3. The van der Waals surface area contributed by atoms with E-state index in [0.717, 1.165) is 5.57 Å². The third-order valence-electron chi connectivity index (χ3n) is 6.21. The Bertz CT molecular complexity index is 611. The highest BCUT2D eigenvalue weighted by Gasteiger charge is 2.58. The second-order valence-corrected chi connectivity index (χ2v) is 7.69. The van der Waals surface area contributed by atoms with Crippen molar-refractivity contribution in [2.75, 3.05) is 0 Å². The molecule has 0 bridgehead atoms. The summed E-state index contributed by atoms with van der Waals surface area (Å²) in [6.45, 7) is 10.9. The van der Waals surface area contributed by atoms with Crippen LogP contribution in [0.1, 0.15) is 40.5 Å². The van der Waals surface area contributed by atoms with Gasteiger partial charge in [-0.25, -0.2) is 0 Å². The zero-order chi connectivity index (χ0) is 18.5. The third-order valence-corrected chi connectivity index (χ3v) is 6.21. The Kier molecular flexibility index (Phi) is 4.64. The summed E-state index contributed by atoms with van der Waals surface area (Å²) in [6.07, 6.45) is 0.252. The number of esters is 3. The van der Waals surface area contributed by atoms with Crippen LogP contribution in [0.5, 0.6) is 0 Å². The topological polar surface area (TPSA) is 78.9 Å². The van der Waals surface area contributed by atoms with Gasteiger partial charge in [0, 0.05) is 31.6 Å². The Morgan fingerprint density at radius 2 is 1.76 bits per heavy atom. The van der Waals surface area contributed by atoms with Gasteiger partial charge in [0.2, 0.25) is 0 Å². The maximum atomic E-state index is 12.2. The normalized spacial score (nSPS) is 42.9. The van der Waals surface area contributed by atoms with Gasteiger partial charge < -0.3 is 14.2 Å². The molecule has 3 rings (SSSR count). The fourth-order valence-electron chi connectivity index (χ4n) is 4.98. The molecule has 0 aromatic heterocycles. The minimum Gasteiger partial charge on any atom is -0.462 e. The van der Waals surface area contributed by atoms with Crippen LogP contribution in [0.25, 0.3) is 0 Å². The van der Waals surface area contributed by atoms with E-state index in [1.165, 1.54) is 13.8 Å². The average molecular weight is 350 g/mol. The summed E-state index contributed by atoms with van der Waals surface area (Å²) >= 11 is 0. The van der Waals surface area contributed by atoms with Crippen molar-refractivity contribution >= 4 is 17.9 Å². The van der Waals surface area contributed by atoms with Crippen LogP contribution in [0, 0.1) is 29.6 Å². The SMILES string of the molecule is C=C1C(OC(C)=O)CC2C(C)C(=O)OC2C2C1CC(OC(C)=O)C2C. The molecule has 0 N–H and O–H groups in total. The summed E-state index contributed by atoms with van der Waals surface area (Å²) in [6, 6.07) is 0. The molecule has 3 fully saturated rings. The molecule has 8 atom stereocenters. The number of hydrogen-bond acceptors (Lipinski definition) is 6. The Morgan fingerprint density at radius 3 is 2.36 bits per heavy atom. The molecule has 0 spiro atoms. The van der Waals surface area contributed by atoms with Gasteiger partial charge in [0.15, 0.2) is 0 Å². The lowest BCUT2D eigenvalue weighted by Gasteiger charge is -2.29. The molecule has 2 aliphatic carbocycles. The predicted octanol–water partition coefficient (Wildman–Crippen LogP) is 2.26. The minimum atomic E-state index is -0.430. The quantitative estimate of drug-likeness (QED) is 0.432. The molecule has 0 radical (unpaired) electrons. The molecule has 0 aromatic rings. The summed E-state index contributed by atoms with van der Waals surface area (Å²) in [7, 11) is 0. The van der Waals surface area contributed by atoms with Gasteiger partial charge in [-0.2, -0.15) is 0 Å². The van der Waals surface area contributed by atoms with E-state index >= 15 is 0 Å². The van der Waals surface area contributed by atoms with Crippen molar-refractivity contribution in [1.82, 2.24) is 0 Å². The number of carbonyl (C=O) groups is 3. The molecule has 1 heterocycles. The van der Waals surface area contributed by atoms with Crippen molar-refractivity contribution in [1.29, 1.82) is 0 Å². The first-order valence-electron chi connectivity index (χ1n) is 8.94. The van der Waals surface area contributed by atoms with E-state index in [9.17, 15) is 14.4 Å². The van der Waals surface area contributed by atoms with Crippen molar-refractivity contribution in [3.05, 3.63) is 12.2 Å². The van der Waals surface area contributed by atoms with Gasteiger partial charge in [0.05, 0.1) is 5.92 Å². The summed E-state index contributed by atoms with van der Waals surface area (Å²) in [4.78, 5) is 35.2. The van der Waals surface area contributed by atoms with E-state index in [-0.39, 0.29) is 59.7 Å². The van der Waals surface area contributed by atoms with Gasteiger partial charge >= 0.3 is 17.9 Å². The van der Waals surface area contributed by atoms with E-state index in [4.69, 9.17) is 14.2 Å². The molecule has 25 heavy (non-hydrogen) atoms. The molecular formula is C19H26O6. The number of hydrogen-bond donors (Lipinski definition) is 0. The molecule has 2 saturated carbocycles. The summed E-state index contributed by atoms with van der Waals surface area (Å²) in [5.41, 5.74) is 0.847. The first-order chi connectivity index (χ1) is 11.7. The Hall–Kier alpha value is -1.85. The fourth-order valence-corrected chi connectivity index (χ4v) is 4.98. The van der Waals surface area contributed by atoms with E-state index in [2.05, 4.69) is 6.58 Å². The highest BCUT2D eigenvalue weighted by molar-refractivity contribution is 5.75. The maximum absolute atomic E-state index is 12.2. The lowest BCUT2D eigenvalue weighted by Crippen LogP contribution is -2.34. The van der Waals surface area contributed by atoms with Crippen LogP contribution >= 0.6 is 0 Å². The molecule has 8 unspecified atom stereocenters. The third kappa shape index (κ3) is 3.07. The molecule has 0 amide bonds. The van der Waals surface area contributed by atoms with Crippen molar-refractivity contribution in [3.63, 3.8) is 0 Å². The molecular weight excluding hydrogens is 324 g/mol. The Labute approximate surface area is 147 Å². The second-order valence-electron chi connectivity index (χ2n) is 7.69. The largest absolute Gasteiger partial charge is 0.462 e.